The summed E-state index contributed by atoms with van der Waals surface area (Å²) in [6.45, 7) is 0. The van der Waals surface area contributed by atoms with E-state index in [4.69, 9.17) is 10.4 Å². The molecule has 0 aromatic heterocycles. The minimum Gasteiger partial charge on any atom is -1.00 e. The minimum atomic E-state index is 0. The van der Waals surface area contributed by atoms with Gasteiger partial charge in [0, 0.05) is 0 Å². The van der Waals surface area contributed by atoms with Gasteiger partial charge in [0.05, 0.1) is 10.6 Å². The topological polar surface area (TPSA) is 65.2 Å². The van der Waals surface area contributed by atoms with Crippen LogP contribution in [-0.2, 0) is 0 Å². The molecule has 0 aliphatic rings. The van der Waals surface area contributed by atoms with Crippen LogP contribution in [0.25, 0.3) is 0 Å². The van der Waals surface area contributed by atoms with Crippen molar-refractivity contribution < 1.29 is 41.4 Å². The van der Waals surface area contributed by atoms with E-state index < -0.39 is 0 Å². The van der Waals surface area contributed by atoms with Crippen molar-refractivity contribution in [1.29, 1.82) is 0 Å². The number of hydrogen-bond acceptors (Lipinski definition) is 2. The van der Waals surface area contributed by atoms with Gasteiger partial charge in [-0.2, -0.15) is 0 Å². The summed E-state index contributed by atoms with van der Waals surface area (Å²) in [7, 11) is 0. The average molecular weight is 86.0 g/mol. The molecule has 0 rings (SSSR count). The number of hydrogen-bond donors (Lipinski definition) is 2. The molecule has 5 heteroatoms. The molecule has 0 radical (unpaired) electrons. The van der Waals surface area contributed by atoms with Crippen LogP contribution in [0.15, 0.2) is 10.6 Å². The van der Waals surface area contributed by atoms with Crippen molar-refractivity contribution in [2.75, 3.05) is 0 Å². The van der Waals surface area contributed by atoms with E-state index in [1.54, 1.807) is 0 Å². The fourth-order valence-electron chi connectivity index (χ4n) is 0. The van der Waals surface area contributed by atoms with Crippen LogP contribution < -0.4 is 29.6 Å². The Hall–Kier alpha value is 0.200. The Kier molecular flexibility index (Phi) is 15.9. The van der Waals surface area contributed by atoms with E-state index in [-0.39, 0.29) is 31.0 Å². The predicted octanol–water partition coefficient (Wildman–Crippen LogP) is -2.67. The van der Waals surface area contributed by atoms with Gasteiger partial charge in [-0.3, -0.25) is 0 Å². The maximum Gasteiger partial charge on any atom is 1.00 e. The van der Waals surface area contributed by atoms with Crippen LogP contribution in [0, 0.1) is 0 Å². The van der Waals surface area contributed by atoms with Crippen LogP contribution in [0.4, 0.5) is 0 Å². The van der Waals surface area contributed by atoms with Gasteiger partial charge in [-0.25, -0.2) is 0 Å². The summed E-state index contributed by atoms with van der Waals surface area (Å²) >= 11 is 0. The Morgan fingerprint density at radius 3 is 1.40 bits per heavy atom. The molecule has 0 heterocycles. The number of rotatable bonds is 0. The largest absolute Gasteiger partial charge is 1.00 e. The number of nitrogens with zero attached hydrogens (tertiary/aromatic N) is 2. The molecular formula is H3N2NaO2. The molecule has 0 fully saturated rings. The molecule has 2 N–H and O–H groups in total. The van der Waals surface area contributed by atoms with Gasteiger partial charge >= 0.3 is 29.6 Å². The molecular weight excluding hydrogens is 83.0 g/mol. The van der Waals surface area contributed by atoms with Crippen molar-refractivity contribution in [1.82, 2.24) is 0 Å². The first kappa shape index (κ1) is 8.96. The molecule has 4 nitrogen and oxygen atoms in total. The smallest absolute Gasteiger partial charge is 1.00 e. The Morgan fingerprint density at radius 1 is 1.20 bits per heavy atom. The van der Waals surface area contributed by atoms with E-state index in [1.165, 1.54) is 0 Å². The summed E-state index contributed by atoms with van der Waals surface area (Å²) in [6.07, 6.45) is 0. The van der Waals surface area contributed by atoms with Crippen LogP contribution in [0.2, 0.25) is 0 Å². The van der Waals surface area contributed by atoms with Gasteiger partial charge in [0.15, 0.2) is 0 Å². The monoisotopic (exact) mass is 86.0 g/mol. The van der Waals surface area contributed by atoms with Crippen molar-refractivity contribution in [2.45, 2.75) is 0 Å². The zero-order valence-corrected chi connectivity index (χ0v) is 4.79. The Bertz CT molecular complexity index is 26.7. The van der Waals surface area contributed by atoms with Gasteiger partial charge in [0.25, 0.3) is 0 Å². The van der Waals surface area contributed by atoms with E-state index >= 15 is 0 Å². The first-order chi connectivity index (χ1) is 1.91. The van der Waals surface area contributed by atoms with Gasteiger partial charge in [0.2, 0.25) is 0 Å². The summed E-state index contributed by atoms with van der Waals surface area (Å²) in [5, 5.41) is 18.0. The van der Waals surface area contributed by atoms with E-state index in [1.807, 2.05) is 10.6 Å². The zero-order valence-electron chi connectivity index (χ0n) is 3.79. The first-order valence-corrected chi connectivity index (χ1v) is 0.600. The second-order valence-corrected chi connectivity index (χ2v) is 0.179. The quantitative estimate of drug-likeness (QED) is 0.192. The van der Waals surface area contributed by atoms with E-state index in [9.17, 15) is 0 Å². The molecule has 0 saturated heterocycles. The molecule has 0 aromatic carbocycles. The molecule has 5 heavy (non-hydrogen) atoms. The van der Waals surface area contributed by atoms with Crippen molar-refractivity contribution in [3.8, 4) is 0 Å². The summed E-state index contributed by atoms with van der Waals surface area (Å²) in [6, 6.07) is 0. The first-order valence-electron chi connectivity index (χ1n) is 0.600. The standard InChI is InChI=1S/H2N2O2.Na.H/c3-1-2-4;;/h(H,1,4)(H,2,3);;/q;+1;-1. The molecule has 0 unspecified atom stereocenters. The van der Waals surface area contributed by atoms with Crippen LogP contribution in [0.5, 0.6) is 0 Å². The zero-order chi connectivity index (χ0) is 3.41. The molecule has 0 saturated carbocycles. The molecule has 0 atom stereocenters. The second kappa shape index (κ2) is 8.89. The summed E-state index contributed by atoms with van der Waals surface area (Å²) in [5.74, 6) is 0. The van der Waals surface area contributed by atoms with Crippen molar-refractivity contribution >= 4 is 0 Å². The summed E-state index contributed by atoms with van der Waals surface area (Å²) in [5.41, 5.74) is 0. The summed E-state index contributed by atoms with van der Waals surface area (Å²) in [4.78, 5) is 0. The maximum absolute atomic E-state index is 7.08. The normalized spacial score (nSPS) is 7.20. The second-order valence-electron chi connectivity index (χ2n) is 0.179. The van der Waals surface area contributed by atoms with Gasteiger partial charge in [0.1, 0.15) is 0 Å². The van der Waals surface area contributed by atoms with Gasteiger partial charge in [-0.1, -0.05) is 0 Å². The van der Waals surface area contributed by atoms with Crippen LogP contribution in [0.1, 0.15) is 1.43 Å². The van der Waals surface area contributed by atoms with E-state index in [2.05, 4.69) is 0 Å². The third-order valence-electron chi connectivity index (χ3n) is 0.0400. The molecule has 26 valence electrons. The van der Waals surface area contributed by atoms with Gasteiger partial charge in [-0.05, 0) is 0 Å². The van der Waals surface area contributed by atoms with Crippen LogP contribution in [0.3, 0.4) is 0 Å². The third-order valence-corrected chi connectivity index (χ3v) is 0.0400. The SMILES string of the molecule is ON=NO.[H-].[Na+]. The van der Waals surface area contributed by atoms with Crippen molar-refractivity contribution in [3.05, 3.63) is 0 Å². The van der Waals surface area contributed by atoms with Crippen LogP contribution in [-0.4, -0.2) is 10.4 Å². The molecule has 0 amide bonds. The van der Waals surface area contributed by atoms with Crippen molar-refractivity contribution in [2.24, 2.45) is 10.6 Å². The van der Waals surface area contributed by atoms with E-state index in [0.29, 0.717) is 0 Å². The van der Waals surface area contributed by atoms with Crippen molar-refractivity contribution in [3.63, 3.8) is 0 Å². The predicted molar refractivity (Wildman–Crippen MR) is 9.54 cm³/mol. The summed E-state index contributed by atoms with van der Waals surface area (Å²) < 4.78 is 0. The molecule has 0 aliphatic heterocycles. The van der Waals surface area contributed by atoms with E-state index in [0.717, 1.165) is 0 Å². The molecule has 0 spiro atoms. The maximum atomic E-state index is 7.08. The van der Waals surface area contributed by atoms with Crippen LogP contribution >= 0.6 is 0 Å². The fourth-order valence-corrected chi connectivity index (χ4v) is 0. The molecule has 0 aliphatic carbocycles. The average Bonchev–Trinajstić information content (AvgIpc) is 1.37. The van der Waals surface area contributed by atoms with Gasteiger partial charge in [-0.15, -0.1) is 0 Å². The van der Waals surface area contributed by atoms with Gasteiger partial charge < -0.3 is 11.8 Å². The fraction of sp³-hybridized carbons (Fsp3) is 0. The Morgan fingerprint density at radius 2 is 1.40 bits per heavy atom. The molecule has 0 bridgehead atoms. The Balaban J connectivity index is -0.0000000450. The third kappa shape index (κ3) is 14.1. The minimum absolute atomic E-state index is 0. The Labute approximate surface area is 52.2 Å². The molecule has 0 aromatic rings.